The van der Waals surface area contributed by atoms with Crippen molar-refractivity contribution in [3.63, 3.8) is 0 Å². The number of hydrogen-bond acceptors (Lipinski definition) is 0. The summed E-state index contributed by atoms with van der Waals surface area (Å²) in [6.07, 6.45) is 1.10. The summed E-state index contributed by atoms with van der Waals surface area (Å²) in [7, 11) is 0. The molecule has 84 valence electrons. The monoisotopic (exact) mass is 224 g/mol. The molecule has 0 bridgehead atoms. The van der Waals surface area contributed by atoms with Crippen molar-refractivity contribution in [3.8, 4) is 0 Å². The predicted octanol–water partition coefficient (Wildman–Crippen LogP) is 4.62. The first-order valence-corrected chi connectivity index (χ1v) is 6.22. The highest BCUT2D eigenvalue weighted by atomic mass is 35.5. The van der Waals surface area contributed by atoms with Crippen molar-refractivity contribution in [2.45, 2.75) is 45.4 Å². The van der Waals surface area contributed by atoms with Crippen LogP contribution in [0.2, 0.25) is 0 Å². The lowest BCUT2D eigenvalue weighted by Gasteiger charge is -2.21. The topological polar surface area (TPSA) is 0 Å². The van der Waals surface area contributed by atoms with E-state index in [1.54, 1.807) is 0 Å². The molecule has 0 aliphatic carbocycles. The van der Waals surface area contributed by atoms with Crippen molar-refractivity contribution in [2.75, 3.05) is 0 Å². The van der Waals surface area contributed by atoms with E-state index in [2.05, 4.69) is 52.0 Å². The molecule has 0 nitrogen and oxygen atoms in total. The number of alkyl halides is 1. The van der Waals surface area contributed by atoms with Gasteiger partial charge in [0, 0.05) is 5.38 Å². The summed E-state index contributed by atoms with van der Waals surface area (Å²) in [5, 5.41) is 0.220. The van der Waals surface area contributed by atoms with Gasteiger partial charge in [0.25, 0.3) is 0 Å². The molecule has 1 aromatic rings. The molecule has 0 radical (unpaired) electrons. The summed E-state index contributed by atoms with van der Waals surface area (Å²) in [4.78, 5) is 0. The average molecular weight is 225 g/mol. The van der Waals surface area contributed by atoms with Crippen LogP contribution in [0.4, 0.5) is 0 Å². The van der Waals surface area contributed by atoms with Crippen LogP contribution in [0, 0.1) is 5.92 Å². The van der Waals surface area contributed by atoms with Gasteiger partial charge in [0.1, 0.15) is 0 Å². The Balaban J connectivity index is 2.78. The number of benzene rings is 1. The maximum absolute atomic E-state index is 6.37. The second-order valence-electron chi connectivity index (χ2n) is 4.57. The van der Waals surface area contributed by atoms with Crippen molar-refractivity contribution in [3.05, 3.63) is 35.4 Å². The van der Waals surface area contributed by atoms with E-state index in [1.165, 1.54) is 11.1 Å². The first kappa shape index (κ1) is 12.6. The predicted molar refractivity (Wildman–Crippen MR) is 68.7 cm³/mol. The van der Waals surface area contributed by atoms with E-state index in [9.17, 15) is 0 Å². The molecule has 2 atom stereocenters. The molecule has 2 unspecified atom stereocenters. The minimum Gasteiger partial charge on any atom is -0.122 e. The van der Waals surface area contributed by atoms with E-state index in [1.807, 2.05) is 0 Å². The first-order chi connectivity index (χ1) is 7.06. The van der Waals surface area contributed by atoms with Crippen molar-refractivity contribution >= 4 is 11.6 Å². The molecule has 1 rings (SSSR count). The summed E-state index contributed by atoms with van der Waals surface area (Å²) in [5.74, 6) is 0.949. The Kier molecular flexibility index (Phi) is 4.66. The van der Waals surface area contributed by atoms with Gasteiger partial charge in [-0.25, -0.2) is 0 Å². The molecule has 0 heterocycles. The fourth-order valence-electron chi connectivity index (χ4n) is 1.82. The molecular weight excluding hydrogens is 204 g/mol. The van der Waals surface area contributed by atoms with Gasteiger partial charge in [-0.1, -0.05) is 52.0 Å². The molecule has 0 saturated heterocycles. The maximum Gasteiger partial charge on any atom is 0.0424 e. The molecule has 0 aliphatic rings. The lowest BCUT2D eigenvalue weighted by Crippen LogP contribution is -2.16. The zero-order valence-electron chi connectivity index (χ0n) is 10.1. The van der Waals surface area contributed by atoms with Gasteiger partial charge < -0.3 is 0 Å². The Bertz CT molecular complexity index is 287. The zero-order chi connectivity index (χ0) is 11.4. The first-order valence-electron chi connectivity index (χ1n) is 5.79. The summed E-state index contributed by atoms with van der Waals surface area (Å²) < 4.78 is 0. The largest absolute Gasteiger partial charge is 0.122 e. The third-order valence-corrected chi connectivity index (χ3v) is 3.91. The number of hydrogen-bond donors (Lipinski definition) is 0. The van der Waals surface area contributed by atoms with Crippen molar-refractivity contribution in [2.24, 2.45) is 5.92 Å². The van der Waals surface area contributed by atoms with Crippen LogP contribution in [0.25, 0.3) is 0 Å². The van der Waals surface area contributed by atoms with Gasteiger partial charge in [-0.3, -0.25) is 0 Å². The van der Waals surface area contributed by atoms with Crippen LogP contribution in [0.5, 0.6) is 0 Å². The van der Waals surface area contributed by atoms with Gasteiger partial charge in [0.15, 0.2) is 0 Å². The van der Waals surface area contributed by atoms with Crippen LogP contribution < -0.4 is 0 Å². The Morgan fingerprint density at radius 1 is 1.07 bits per heavy atom. The maximum atomic E-state index is 6.37. The lowest BCUT2D eigenvalue weighted by atomic mass is 9.91. The lowest BCUT2D eigenvalue weighted by molar-refractivity contribution is 0.533. The third-order valence-electron chi connectivity index (χ3n) is 3.03. The van der Waals surface area contributed by atoms with Crippen LogP contribution in [0.1, 0.15) is 44.7 Å². The summed E-state index contributed by atoms with van der Waals surface area (Å²) in [6.45, 7) is 8.73. The van der Waals surface area contributed by atoms with E-state index >= 15 is 0 Å². The highest BCUT2D eigenvalue weighted by Crippen LogP contribution is 2.28. The number of halogens is 1. The van der Waals surface area contributed by atoms with Crippen molar-refractivity contribution in [1.29, 1.82) is 0 Å². The number of aryl methyl sites for hydroxylation is 1. The highest BCUT2D eigenvalue weighted by molar-refractivity contribution is 6.21. The molecule has 0 amide bonds. The van der Waals surface area contributed by atoms with Gasteiger partial charge in [0.05, 0.1) is 0 Å². The molecular formula is C14H21Cl. The molecule has 0 saturated carbocycles. The molecule has 1 aromatic carbocycles. The smallest absolute Gasteiger partial charge is 0.0424 e. The minimum absolute atomic E-state index is 0.220. The van der Waals surface area contributed by atoms with Crippen molar-refractivity contribution < 1.29 is 0 Å². The standard InChI is InChI=1S/C14H21Cl/c1-5-12-6-8-13(9-7-12)11(4)14(15)10(2)3/h6-11,14H,5H2,1-4H3. The second-order valence-corrected chi connectivity index (χ2v) is 5.08. The van der Waals surface area contributed by atoms with Gasteiger partial charge in [-0.05, 0) is 29.4 Å². The van der Waals surface area contributed by atoms with Gasteiger partial charge in [0.2, 0.25) is 0 Å². The quantitative estimate of drug-likeness (QED) is 0.655. The van der Waals surface area contributed by atoms with E-state index < -0.39 is 0 Å². The molecule has 0 aliphatic heterocycles. The fourth-order valence-corrected chi connectivity index (χ4v) is 1.96. The van der Waals surface area contributed by atoms with Gasteiger partial charge in [-0.15, -0.1) is 11.6 Å². The Morgan fingerprint density at radius 3 is 2.00 bits per heavy atom. The Labute approximate surface area is 98.7 Å². The van der Waals surface area contributed by atoms with Crippen LogP contribution in [0.15, 0.2) is 24.3 Å². The summed E-state index contributed by atoms with van der Waals surface area (Å²) >= 11 is 6.37. The Hall–Kier alpha value is -0.490. The SMILES string of the molecule is CCc1ccc(C(C)C(Cl)C(C)C)cc1. The third kappa shape index (κ3) is 3.24. The summed E-state index contributed by atoms with van der Waals surface area (Å²) in [5.41, 5.74) is 2.74. The zero-order valence-corrected chi connectivity index (χ0v) is 10.9. The van der Waals surface area contributed by atoms with E-state index in [0.717, 1.165) is 6.42 Å². The minimum atomic E-state index is 0.220. The normalized spacial score (nSPS) is 15.3. The molecule has 15 heavy (non-hydrogen) atoms. The van der Waals surface area contributed by atoms with Crippen LogP contribution in [0.3, 0.4) is 0 Å². The van der Waals surface area contributed by atoms with E-state index in [4.69, 9.17) is 11.6 Å². The van der Waals surface area contributed by atoms with Crippen molar-refractivity contribution in [1.82, 2.24) is 0 Å². The molecule has 1 heteroatoms. The summed E-state index contributed by atoms with van der Waals surface area (Å²) in [6, 6.07) is 8.83. The van der Waals surface area contributed by atoms with Gasteiger partial charge in [-0.2, -0.15) is 0 Å². The van der Waals surface area contributed by atoms with E-state index in [-0.39, 0.29) is 5.38 Å². The van der Waals surface area contributed by atoms with Gasteiger partial charge >= 0.3 is 0 Å². The molecule has 0 fully saturated rings. The second kappa shape index (κ2) is 5.55. The van der Waals surface area contributed by atoms with Crippen LogP contribution in [-0.2, 0) is 6.42 Å². The molecule has 0 spiro atoms. The number of rotatable bonds is 4. The average Bonchev–Trinajstić information content (AvgIpc) is 2.27. The van der Waals surface area contributed by atoms with E-state index in [0.29, 0.717) is 11.8 Å². The van der Waals surface area contributed by atoms with Crippen LogP contribution >= 0.6 is 11.6 Å². The molecule has 0 N–H and O–H groups in total. The van der Waals surface area contributed by atoms with Crippen LogP contribution in [-0.4, -0.2) is 5.38 Å². The Morgan fingerprint density at radius 2 is 1.60 bits per heavy atom. The fraction of sp³-hybridized carbons (Fsp3) is 0.571. The molecule has 0 aromatic heterocycles. The highest BCUT2D eigenvalue weighted by Gasteiger charge is 2.19.